The molecule has 6 aromatic carbocycles. The monoisotopic (exact) mass is 550 g/mol. The molecular formula is C38H22N4O. The summed E-state index contributed by atoms with van der Waals surface area (Å²) in [6.45, 7) is 0. The maximum absolute atomic E-state index is 6.17. The minimum absolute atomic E-state index is 0.522. The van der Waals surface area contributed by atoms with Gasteiger partial charge in [0.25, 0.3) is 0 Å². The number of para-hydroxylation sites is 1. The molecule has 0 unspecified atom stereocenters. The summed E-state index contributed by atoms with van der Waals surface area (Å²) in [4.78, 5) is 19.8. The maximum Gasteiger partial charge on any atom is 0.182 e. The molecule has 5 heteroatoms. The van der Waals surface area contributed by atoms with Crippen molar-refractivity contribution >= 4 is 54.3 Å². The van der Waals surface area contributed by atoms with E-state index in [1.165, 1.54) is 21.5 Å². The van der Waals surface area contributed by atoms with Gasteiger partial charge in [-0.2, -0.15) is 0 Å². The smallest absolute Gasteiger partial charge is 0.182 e. The standard InChI is InChI=1S/C38H22N4O/c1-2-10-24(11-3-1)36-40-37(30-14-8-16-34-35(30)29-13-6-7-15-33(29)43-34)42-38(41-36)32-21-25-18-20-27-26-12-5-4-9-23(26)17-19-28(27)31(25)22-39-32/h1-22H. The summed E-state index contributed by atoms with van der Waals surface area (Å²) >= 11 is 0. The van der Waals surface area contributed by atoms with Crippen molar-refractivity contribution in [1.29, 1.82) is 0 Å². The zero-order valence-electron chi connectivity index (χ0n) is 22.9. The van der Waals surface area contributed by atoms with Gasteiger partial charge in [-0.05, 0) is 45.1 Å². The van der Waals surface area contributed by atoms with Crippen LogP contribution in [0.4, 0.5) is 0 Å². The van der Waals surface area contributed by atoms with Crippen molar-refractivity contribution in [2.24, 2.45) is 0 Å². The number of benzene rings is 6. The van der Waals surface area contributed by atoms with E-state index in [2.05, 4.69) is 60.7 Å². The van der Waals surface area contributed by atoms with Crippen LogP contribution in [-0.4, -0.2) is 19.9 Å². The highest BCUT2D eigenvalue weighted by molar-refractivity contribution is 6.17. The third-order valence-corrected chi connectivity index (χ3v) is 8.17. The molecule has 5 nitrogen and oxygen atoms in total. The van der Waals surface area contributed by atoms with Crippen LogP contribution in [0.2, 0.25) is 0 Å². The lowest BCUT2D eigenvalue weighted by molar-refractivity contribution is 0.669. The van der Waals surface area contributed by atoms with Crippen molar-refractivity contribution in [2.75, 3.05) is 0 Å². The molecule has 0 aliphatic rings. The highest BCUT2D eigenvalue weighted by Crippen LogP contribution is 2.37. The molecule has 0 fully saturated rings. The zero-order chi connectivity index (χ0) is 28.3. The van der Waals surface area contributed by atoms with Gasteiger partial charge in [-0.3, -0.25) is 4.98 Å². The first-order chi connectivity index (χ1) is 21.3. The number of hydrogen-bond donors (Lipinski definition) is 0. The third kappa shape index (κ3) is 3.79. The van der Waals surface area contributed by atoms with Crippen LogP contribution in [0.3, 0.4) is 0 Å². The predicted octanol–water partition coefficient (Wildman–Crippen LogP) is 9.63. The molecule has 0 spiro atoms. The van der Waals surface area contributed by atoms with Crippen LogP contribution < -0.4 is 0 Å². The second kappa shape index (κ2) is 9.29. The Morgan fingerprint density at radius 2 is 1.14 bits per heavy atom. The summed E-state index contributed by atoms with van der Waals surface area (Å²) in [6.07, 6.45) is 1.94. The van der Waals surface area contributed by atoms with E-state index in [0.717, 1.165) is 43.8 Å². The fourth-order valence-corrected chi connectivity index (χ4v) is 6.13. The fourth-order valence-electron chi connectivity index (χ4n) is 6.13. The van der Waals surface area contributed by atoms with Gasteiger partial charge in [-0.15, -0.1) is 0 Å². The second-order valence-electron chi connectivity index (χ2n) is 10.7. The van der Waals surface area contributed by atoms with Gasteiger partial charge >= 0.3 is 0 Å². The number of aromatic nitrogens is 4. The quantitative estimate of drug-likeness (QED) is 0.205. The first-order valence-corrected chi connectivity index (χ1v) is 14.2. The highest BCUT2D eigenvalue weighted by atomic mass is 16.3. The molecular weight excluding hydrogens is 528 g/mol. The molecule has 0 atom stereocenters. The molecule has 9 rings (SSSR count). The molecule has 0 saturated heterocycles. The lowest BCUT2D eigenvalue weighted by Gasteiger charge is -2.10. The Bertz CT molecular complexity index is 2520. The maximum atomic E-state index is 6.17. The predicted molar refractivity (Wildman–Crippen MR) is 174 cm³/mol. The van der Waals surface area contributed by atoms with Gasteiger partial charge < -0.3 is 4.42 Å². The van der Waals surface area contributed by atoms with Crippen LogP contribution in [0, 0.1) is 0 Å². The van der Waals surface area contributed by atoms with E-state index < -0.39 is 0 Å². The van der Waals surface area contributed by atoms with E-state index in [1.807, 2.05) is 72.9 Å². The van der Waals surface area contributed by atoms with Crippen molar-refractivity contribution < 1.29 is 4.42 Å². The van der Waals surface area contributed by atoms with Crippen molar-refractivity contribution in [3.63, 3.8) is 0 Å². The summed E-state index contributed by atoms with van der Waals surface area (Å²) in [6, 6.07) is 43.4. The molecule has 0 bridgehead atoms. The van der Waals surface area contributed by atoms with Gasteiger partial charge in [-0.25, -0.2) is 15.0 Å². The number of fused-ring (bicyclic) bond motifs is 8. The molecule has 0 radical (unpaired) electrons. The first-order valence-electron chi connectivity index (χ1n) is 14.2. The lowest BCUT2D eigenvalue weighted by Crippen LogP contribution is -2.01. The van der Waals surface area contributed by atoms with Crippen LogP contribution in [-0.2, 0) is 0 Å². The summed E-state index contributed by atoms with van der Waals surface area (Å²) in [7, 11) is 0. The zero-order valence-corrected chi connectivity index (χ0v) is 22.9. The molecule has 0 saturated carbocycles. The van der Waals surface area contributed by atoms with Crippen LogP contribution in [0.1, 0.15) is 0 Å². The Morgan fingerprint density at radius 1 is 0.442 bits per heavy atom. The molecule has 43 heavy (non-hydrogen) atoms. The van der Waals surface area contributed by atoms with Crippen LogP contribution in [0.25, 0.3) is 88.5 Å². The molecule has 3 heterocycles. The second-order valence-corrected chi connectivity index (χ2v) is 10.7. The molecule has 9 aromatic rings. The fraction of sp³-hybridized carbons (Fsp3) is 0. The molecule has 0 aliphatic carbocycles. The first kappa shape index (κ1) is 23.7. The van der Waals surface area contributed by atoms with Gasteiger partial charge in [0.05, 0.1) is 0 Å². The van der Waals surface area contributed by atoms with Gasteiger partial charge in [0.2, 0.25) is 0 Å². The average Bonchev–Trinajstić information content (AvgIpc) is 3.47. The largest absolute Gasteiger partial charge is 0.456 e. The number of pyridine rings is 1. The van der Waals surface area contributed by atoms with Crippen molar-refractivity contribution in [1.82, 2.24) is 19.9 Å². The summed E-state index contributed by atoms with van der Waals surface area (Å²) in [5.41, 5.74) is 4.12. The number of furan rings is 1. The summed E-state index contributed by atoms with van der Waals surface area (Å²) in [5, 5.41) is 9.05. The van der Waals surface area contributed by atoms with Crippen LogP contribution >= 0.6 is 0 Å². The third-order valence-electron chi connectivity index (χ3n) is 8.17. The lowest BCUT2D eigenvalue weighted by atomic mass is 9.98. The molecule has 0 amide bonds. The molecule has 3 aromatic heterocycles. The average molecular weight is 551 g/mol. The minimum Gasteiger partial charge on any atom is -0.456 e. The topological polar surface area (TPSA) is 64.7 Å². The number of rotatable bonds is 3. The number of hydrogen-bond acceptors (Lipinski definition) is 5. The molecule has 0 N–H and O–H groups in total. The van der Waals surface area contributed by atoms with E-state index in [0.29, 0.717) is 23.2 Å². The van der Waals surface area contributed by atoms with E-state index in [-0.39, 0.29) is 0 Å². The Kier molecular flexibility index (Phi) is 5.13. The Hall–Kier alpha value is -5.94. The van der Waals surface area contributed by atoms with Crippen molar-refractivity contribution in [3.05, 3.63) is 134 Å². The minimum atomic E-state index is 0.522. The Morgan fingerprint density at radius 3 is 2.05 bits per heavy atom. The van der Waals surface area contributed by atoms with Crippen molar-refractivity contribution in [2.45, 2.75) is 0 Å². The Labute approximate surface area is 246 Å². The van der Waals surface area contributed by atoms with Gasteiger partial charge in [0.1, 0.15) is 16.9 Å². The molecule has 200 valence electrons. The van der Waals surface area contributed by atoms with Gasteiger partial charge in [0.15, 0.2) is 17.5 Å². The van der Waals surface area contributed by atoms with Gasteiger partial charge in [-0.1, -0.05) is 109 Å². The molecule has 0 aliphatic heterocycles. The van der Waals surface area contributed by atoms with E-state index >= 15 is 0 Å². The number of nitrogens with zero attached hydrogens (tertiary/aromatic N) is 4. The Balaban J connectivity index is 1.27. The van der Waals surface area contributed by atoms with Crippen LogP contribution in [0.15, 0.2) is 138 Å². The summed E-state index contributed by atoms with van der Waals surface area (Å²) < 4.78 is 6.17. The van der Waals surface area contributed by atoms with Crippen molar-refractivity contribution in [3.8, 4) is 34.3 Å². The summed E-state index contributed by atoms with van der Waals surface area (Å²) in [5.74, 6) is 1.69. The highest BCUT2D eigenvalue weighted by Gasteiger charge is 2.18. The van der Waals surface area contributed by atoms with Crippen LogP contribution in [0.5, 0.6) is 0 Å². The SMILES string of the molecule is c1ccc(-c2nc(-c3cc4ccc5c6ccccc6ccc5c4cn3)nc(-c3cccc4oc5ccccc5c34)n2)cc1. The normalized spacial score (nSPS) is 11.7. The van der Waals surface area contributed by atoms with E-state index in [1.54, 1.807) is 0 Å². The van der Waals surface area contributed by atoms with E-state index in [4.69, 9.17) is 24.4 Å². The van der Waals surface area contributed by atoms with Gasteiger partial charge in [0, 0.05) is 33.5 Å². The van der Waals surface area contributed by atoms with E-state index in [9.17, 15) is 0 Å².